The van der Waals surface area contributed by atoms with Crippen LogP contribution in [-0.2, 0) is 20.2 Å². The largest absolute Gasteiger partial charge is 0.476 e. The van der Waals surface area contributed by atoms with Gasteiger partial charge in [0.05, 0.1) is 18.5 Å². The molecule has 2 aromatic carbocycles. The molecule has 0 fully saturated rings. The number of halogens is 2. The highest BCUT2D eigenvalue weighted by Crippen LogP contribution is 2.38. The third-order valence-corrected chi connectivity index (χ3v) is 5.72. The summed E-state index contributed by atoms with van der Waals surface area (Å²) in [5.74, 6) is -2.57. The van der Waals surface area contributed by atoms with E-state index in [1.165, 1.54) is 6.07 Å². The molecule has 0 saturated carbocycles. The summed E-state index contributed by atoms with van der Waals surface area (Å²) in [6, 6.07) is 8.11. The molecule has 1 N–H and O–H groups in total. The lowest BCUT2D eigenvalue weighted by atomic mass is 9.86. The number of ether oxygens (including phenoxy) is 1. The molecule has 1 unspecified atom stereocenters. The second-order valence-corrected chi connectivity index (χ2v) is 9.86. The first kappa shape index (κ1) is 21.0. The van der Waals surface area contributed by atoms with Gasteiger partial charge in [-0.15, -0.1) is 0 Å². The third-order valence-electron chi connectivity index (χ3n) is 4.57. The standard InChI is InChI=1S/C20H22F2N2O4S/c1-20(2,3)12-5-8-17-16(9-12)24(29(4,26)27)11-18(28-17)19(25)23-13-6-7-14(21)15(22)10-13/h5-10,18H,11H2,1-4H3,(H,23,25). The van der Waals surface area contributed by atoms with Gasteiger partial charge in [-0.3, -0.25) is 9.10 Å². The Hall–Kier alpha value is -2.68. The van der Waals surface area contributed by atoms with Crippen LogP contribution in [0.4, 0.5) is 20.2 Å². The SMILES string of the molecule is CC(C)(C)c1ccc2c(c1)N(S(C)(=O)=O)CC(C(=O)Nc1ccc(F)c(F)c1)O2. The van der Waals surface area contributed by atoms with Gasteiger partial charge in [0.1, 0.15) is 5.75 Å². The predicted octanol–water partition coefficient (Wildman–Crippen LogP) is 3.43. The fourth-order valence-electron chi connectivity index (χ4n) is 2.97. The van der Waals surface area contributed by atoms with Gasteiger partial charge in [0.2, 0.25) is 10.0 Å². The van der Waals surface area contributed by atoms with Crippen molar-refractivity contribution in [2.45, 2.75) is 32.3 Å². The summed E-state index contributed by atoms with van der Waals surface area (Å²) in [4.78, 5) is 12.6. The molecule has 1 aliphatic heterocycles. The van der Waals surface area contributed by atoms with Crippen molar-refractivity contribution in [2.24, 2.45) is 0 Å². The van der Waals surface area contributed by atoms with Gasteiger partial charge in [0, 0.05) is 11.8 Å². The Morgan fingerprint density at radius 3 is 2.41 bits per heavy atom. The van der Waals surface area contributed by atoms with Crippen LogP contribution in [0.25, 0.3) is 0 Å². The molecule has 29 heavy (non-hydrogen) atoms. The first-order chi connectivity index (χ1) is 13.4. The summed E-state index contributed by atoms with van der Waals surface area (Å²) in [5, 5.41) is 2.43. The van der Waals surface area contributed by atoms with Gasteiger partial charge in [-0.05, 0) is 35.2 Å². The molecule has 0 saturated heterocycles. The fraction of sp³-hybridized carbons (Fsp3) is 0.350. The maximum atomic E-state index is 13.4. The number of nitrogens with zero attached hydrogens (tertiary/aromatic N) is 1. The molecular formula is C20H22F2N2O4S. The fourth-order valence-corrected chi connectivity index (χ4v) is 3.87. The molecule has 9 heteroatoms. The van der Waals surface area contributed by atoms with Crippen LogP contribution < -0.4 is 14.4 Å². The molecule has 0 radical (unpaired) electrons. The summed E-state index contributed by atoms with van der Waals surface area (Å²) in [7, 11) is -3.69. The first-order valence-electron chi connectivity index (χ1n) is 8.91. The average molecular weight is 424 g/mol. The zero-order valence-electron chi connectivity index (χ0n) is 16.5. The van der Waals surface area contributed by atoms with Crippen LogP contribution in [-0.4, -0.2) is 33.2 Å². The lowest BCUT2D eigenvalue weighted by Gasteiger charge is -2.35. The van der Waals surface area contributed by atoms with Crippen LogP contribution in [0.2, 0.25) is 0 Å². The van der Waals surface area contributed by atoms with E-state index in [9.17, 15) is 22.0 Å². The number of anilines is 2. The maximum absolute atomic E-state index is 13.4. The zero-order chi connectivity index (χ0) is 21.6. The van der Waals surface area contributed by atoms with E-state index in [2.05, 4.69) is 5.32 Å². The summed E-state index contributed by atoms with van der Waals surface area (Å²) in [5.41, 5.74) is 1.10. The second kappa shape index (κ2) is 7.29. The minimum Gasteiger partial charge on any atom is -0.476 e. The Morgan fingerprint density at radius 2 is 1.83 bits per heavy atom. The Labute approximate surface area is 168 Å². The summed E-state index contributed by atoms with van der Waals surface area (Å²) in [6.45, 7) is 5.76. The molecule has 6 nitrogen and oxygen atoms in total. The summed E-state index contributed by atoms with van der Waals surface area (Å²) >= 11 is 0. The van der Waals surface area contributed by atoms with Crippen LogP contribution in [0.3, 0.4) is 0 Å². The Morgan fingerprint density at radius 1 is 1.14 bits per heavy atom. The van der Waals surface area contributed by atoms with Crippen molar-refractivity contribution < 1.29 is 26.7 Å². The molecule has 0 bridgehead atoms. The highest BCUT2D eigenvalue weighted by molar-refractivity contribution is 7.92. The van der Waals surface area contributed by atoms with Crippen LogP contribution >= 0.6 is 0 Å². The highest BCUT2D eigenvalue weighted by Gasteiger charge is 2.36. The van der Waals surface area contributed by atoms with Crippen molar-refractivity contribution in [3.8, 4) is 5.75 Å². The first-order valence-corrected chi connectivity index (χ1v) is 10.8. The summed E-state index contributed by atoms with van der Waals surface area (Å²) < 4.78 is 58.0. The third kappa shape index (κ3) is 4.50. The van der Waals surface area contributed by atoms with Crippen LogP contribution in [0.15, 0.2) is 36.4 Å². The number of carbonyl (C=O) groups excluding carboxylic acids is 1. The molecular weight excluding hydrogens is 402 g/mol. The van der Waals surface area contributed by atoms with Gasteiger partial charge < -0.3 is 10.1 Å². The van der Waals surface area contributed by atoms with Crippen molar-refractivity contribution in [3.05, 3.63) is 53.6 Å². The predicted molar refractivity (Wildman–Crippen MR) is 107 cm³/mol. The van der Waals surface area contributed by atoms with Gasteiger partial charge in [-0.25, -0.2) is 17.2 Å². The summed E-state index contributed by atoms with van der Waals surface area (Å²) in [6.07, 6.45) is -0.110. The van der Waals surface area contributed by atoms with Gasteiger partial charge in [-0.2, -0.15) is 0 Å². The Kier molecular flexibility index (Phi) is 5.29. The van der Waals surface area contributed by atoms with Crippen molar-refractivity contribution >= 4 is 27.3 Å². The number of amides is 1. The molecule has 156 valence electrons. The van der Waals surface area contributed by atoms with Crippen molar-refractivity contribution in [1.29, 1.82) is 0 Å². The maximum Gasteiger partial charge on any atom is 0.267 e. The van der Waals surface area contributed by atoms with Crippen molar-refractivity contribution in [3.63, 3.8) is 0 Å². The monoisotopic (exact) mass is 424 g/mol. The average Bonchev–Trinajstić information content (AvgIpc) is 2.61. The van der Waals surface area contributed by atoms with Crippen LogP contribution in [0, 0.1) is 11.6 Å². The molecule has 2 aromatic rings. The van der Waals surface area contributed by atoms with E-state index >= 15 is 0 Å². The Bertz CT molecular complexity index is 1060. The van der Waals surface area contributed by atoms with Gasteiger partial charge >= 0.3 is 0 Å². The minimum absolute atomic E-state index is 0.0392. The number of fused-ring (bicyclic) bond motifs is 1. The number of nitrogens with one attached hydrogen (secondary N) is 1. The number of rotatable bonds is 3. The van der Waals surface area contributed by atoms with Gasteiger partial charge in [0.15, 0.2) is 17.7 Å². The van der Waals surface area contributed by atoms with E-state index in [1.54, 1.807) is 12.1 Å². The lowest BCUT2D eigenvalue weighted by Crippen LogP contribution is -2.48. The lowest BCUT2D eigenvalue weighted by molar-refractivity contribution is -0.122. The number of hydrogen-bond acceptors (Lipinski definition) is 4. The molecule has 0 spiro atoms. The number of hydrogen-bond donors (Lipinski definition) is 1. The number of carbonyl (C=O) groups is 1. The topological polar surface area (TPSA) is 75.7 Å². The van der Waals surface area contributed by atoms with Crippen LogP contribution in [0.1, 0.15) is 26.3 Å². The molecule has 1 amide bonds. The normalized spacial score (nSPS) is 16.8. The van der Waals surface area contributed by atoms with Crippen LogP contribution in [0.5, 0.6) is 5.75 Å². The van der Waals surface area contributed by atoms with Crippen molar-refractivity contribution in [2.75, 3.05) is 22.4 Å². The van der Waals surface area contributed by atoms with E-state index in [1.807, 2.05) is 26.8 Å². The molecule has 0 aliphatic carbocycles. The number of benzene rings is 2. The van der Waals surface area contributed by atoms with E-state index in [4.69, 9.17) is 4.74 Å². The highest BCUT2D eigenvalue weighted by atomic mass is 32.2. The Balaban J connectivity index is 1.92. The smallest absolute Gasteiger partial charge is 0.267 e. The van der Waals surface area contributed by atoms with E-state index in [-0.39, 0.29) is 23.4 Å². The molecule has 1 aliphatic rings. The van der Waals surface area contributed by atoms with Gasteiger partial charge in [0.25, 0.3) is 5.91 Å². The molecule has 1 heterocycles. The van der Waals surface area contributed by atoms with E-state index < -0.39 is 33.7 Å². The molecule has 1 atom stereocenters. The number of sulfonamides is 1. The minimum atomic E-state index is -3.69. The molecule has 0 aromatic heterocycles. The van der Waals surface area contributed by atoms with E-state index in [0.717, 1.165) is 28.3 Å². The molecule has 3 rings (SSSR count). The van der Waals surface area contributed by atoms with E-state index in [0.29, 0.717) is 5.69 Å². The van der Waals surface area contributed by atoms with Gasteiger partial charge in [-0.1, -0.05) is 26.8 Å². The second-order valence-electron chi connectivity index (χ2n) is 7.95. The van der Waals surface area contributed by atoms with Crippen molar-refractivity contribution in [1.82, 2.24) is 0 Å². The zero-order valence-corrected chi connectivity index (χ0v) is 17.3. The quantitative estimate of drug-likeness (QED) is 0.819.